The average molecular weight is 342 g/mol. The lowest BCUT2D eigenvalue weighted by molar-refractivity contribution is 0.101. The van der Waals surface area contributed by atoms with E-state index in [1.165, 1.54) is 0 Å². The lowest BCUT2D eigenvalue weighted by atomic mass is 10.1. The molecule has 0 unspecified atom stereocenters. The maximum Gasteiger partial charge on any atom is 0.159 e. The number of H-pyrrole nitrogens is 1. The van der Waals surface area contributed by atoms with E-state index >= 15 is 0 Å². The molecule has 4 rings (SSSR count). The van der Waals surface area contributed by atoms with Crippen LogP contribution in [0.2, 0.25) is 0 Å². The second kappa shape index (κ2) is 6.11. The molecule has 0 fully saturated rings. The standard InChI is InChI=1S/C21H18N4O/c1-12-16-5-3-4-6-17(16)24-19(12)20-21(22)23-11-18(25-20)15-9-7-14(8-10-15)13(2)26/h3-11,24H,1-2H3,(H2,22,23). The van der Waals surface area contributed by atoms with E-state index in [1.54, 1.807) is 25.3 Å². The van der Waals surface area contributed by atoms with Crippen molar-refractivity contribution in [3.05, 3.63) is 65.9 Å². The van der Waals surface area contributed by atoms with Gasteiger partial charge >= 0.3 is 0 Å². The molecule has 0 spiro atoms. The van der Waals surface area contributed by atoms with Crippen molar-refractivity contribution < 1.29 is 4.79 Å². The molecule has 0 aliphatic rings. The first kappa shape index (κ1) is 16.0. The van der Waals surface area contributed by atoms with Crippen molar-refractivity contribution in [1.82, 2.24) is 15.0 Å². The van der Waals surface area contributed by atoms with E-state index in [4.69, 9.17) is 10.7 Å². The van der Waals surface area contributed by atoms with Gasteiger partial charge in [-0.15, -0.1) is 0 Å². The first-order chi connectivity index (χ1) is 12.5. The summed E-state index contributed by atoms with van der Waals surface area (Å²) in [5.41, 5.74) is 12.0. The van der Waals surface area contributed by atoms with E-state index in [1.807, 2.05) is 37.3 Å². The number of hydrogen-bond acceptors (Lipinski definition) is 4. The molecule has 0 atom stereocenters. The van der Waals surface area contributed by atoms with Gasteiger partial charge in [0.25, 0.3) is 0 Å². The van der Waals surface area contributed by atoms with E-state index in [0.717, 1.165) is 27.7 Å². The molecular weight excluding hydrogens is 324 g/mol. The largest absolute Gasteiger partial charge is 0.382 e. The number of nitrogens with one attached hydrogen (secondary N) is 1. The van der Waals surface area contributed by atoms with Crippen LogP contribution in [0, 0.1) is 6.92 Å². The Hall–Kier alpha value is -3.47. The summed E-state index contributed by atoms with van der Waals surface area (Å²) in [5.74, 6) is 0.415. The number of para-hydroxylation sites is 1. The fourth-order valence-electron chi connectivity index (χ4n) is 3.12. The molecule has 0 bridgehead atoms. The van der Waals surface area contributed by atoms with Crippen LogP contribution in [-0.4, -0.2) is 20.7 Å². The summed E-state index contributed by atoms with van der Waals surface area (Å²) in [5, 5.41) is 1.14. The lowest BCUT2D eigenvalue weighted by Gasteiger charge is -2.07. The molecule has 0 aliphatic heterocycles. The molecule has 2 heterocycles. The molecule has 0 radical (unpaired) electrons. The van der Waals surface area contributed by atoms with Crippen LogP contribution in [0.4, 0.5) is 5.82 Å². The predicted molar refractivity (Wildman–Crippen MR) is 104 cm³/mol. The second-order valence-corrected chi connectivity index (χ2v) is 6.29. The highest BCUT2D eigenvalue weighted by molar-refractivity contribution is 5.94. The minimum absolute atomic E-state index is 0.0364. The Bertz CT molecular complexity index is 1130. The Labute approximate surface area is 150 Å². The highest BCUT2D eigenvalue weighted by atomic mass is 16.1. The number of ketones is 1. The topological polar surface area (TPSA) is 84.7 Å². The van der Waals surface area contributed by atoms with Crippen LogP contribution in [0.5, 0.6) is 0 Å². The maximum atomic E-state index is 11.5. The van der Waals surface area contributed by atoms with Gasteiger partial charge in [-0.1, -0.05) is 42.5 Å². The van der Waals surface area contributed by atoms with Crippen LogP contribution in [0.25, 0.3) is 33.5 Å². The van der Waals surface area contributed by atoms with Crippen molar-refractivity contribution in [2.75, 3.05) is 5.73 Å². The fourth-order valence-corrected chi connectivity index (χ4v) is 3.12. The van der Waals surface area contributed by atoms with E-state index in [9.17, 15) is 4.79 Å². The Morgan fingerprint density at radius 2 is 1.81 bits per heavy atom. The Kier molecular flexibility index (Phi) is 3.77. The van der Waals surface area contributed by atoms with Gasteiger partial charge < -0.3 is 10.7 Å². The molecule has 0 amide bonds. The molecule has 2 aromatic carbocycles. The molecule has 5 nitrogen and oxygen atoms in total. The summed E-state index contributed by atoms with van der Waals surface area (Å²) < 4.78 is 0. The van der Waals surface area contributed by atoms with Gasteiger partial charge in [0.15, 0.2) is 11.6 Å². The zero-order chi connectivity index (χ0) is 18.3. The highest BCUT2D eigenvalue weighted by Gasteiger charge is 2.15. The SMILES string of the molecule is CC(=O)c1ccc(-c2cnc(N)c(-c3[nH]c4ccccc4c3C)n2)cc1. The van der Waals surface area contributed by atoms with Crippen LogP contribution < -0.4 is 5.73 Å². The summed E-state index contributed by atoms with van der Waals surface area (Å²) in [4.78, 5) is 23.9. The number of nitrogens with zero attached hydrogens (tertiary/aromatic N) is 2. The van der Waals surface area contributed by atoms with E-state index in [-0.39, 0.29) is 5.78 Å². The third-order valence-corrected chi connectivity index (χ3v) is 4.59. The number of carbonyl (C=O) groups excluding carboxylic acids is 1. The van der Waals surface area contributed by atoms with Crippen LogP contribution in [0.15, 0.2) is 54.7 Å². The first-order valence-corrected chi connectivity index (χ1v) is 8.36. The molecule has 128 valence electrons. The zero-order valence-corrected chi connectivity index (χ0v) is 14.6. The molecule has 0 saturated heterocycles. The maximum absolute atomic E-state index is 11.5. The Morgan fingerprint density at radius 1 is 1.08 bits per heavy atom. The van der Waals surface area contributed by atoms with E-state index < -0.39 is 0 Å². The van der Waals surface area contributed by atoms with Gasteiger partial charge in [-0.05, 0) is 25.5 Å². The number of rotatable bonds is 3. The number of Topliss-reactive ketones (excluding diaryl/α,β-unsaturated/α-hetero) is 1. The van der Waals surface area contributed by atoms with Gasteiger partial charge in [0.1, 0.15) is 5.69 Å². The third-order valence-electron chi connectivity index (χ3n) is 4.59. The lowest BCUT2D eigenvalue weighted by Crippen LogP contribution is -2.00. The number of aromatic amines is 1. The van der Waals surface area contributed by atoms with Crippen LogP contribution >= 0.6 is 0 Å². The molecule has 2 aromatic heterocycles. The normalized spacial score (nSPS) is 11.0. The van der Waals surface area contributed by atoms with Crippen molar-refractivity contribution >= 4 is 22.5 Å². The van der Waals surface area contributed by atoms with Crippen molar-refractivity contribution in [3.63, 3.8) is 0 Å². The quantitative estimate of drug-likeness (QED) is 0.541. The van der Waals surface area contributed by atoms with Gasteiger partial charge in [0.05, 0.1) is 17.6 Å². The van der Waals surface area contributed by atoms with Gasteiger partial charge in [0.2, 0.25) is 0 Å². The van der Waals surface area contributed by atoms with Crippen LogP contribution in [0.1, 0.15) is 22.8 Å². The van der Waals surface area contributed by atoms with Crippen LogP contribution in [-0.2, 0) is 0 Å². The fraction of sp³-hybridized carbons (Fsp3) is 0.0952. The number of hydrogen-bond donors (Lipinski definition) is 2. The molecule has 0 saturated carbocycles. The molecule has 4 aromatic rings. The summed E-state index contributed by atoms with van der Waals surface area (Å²) in [6.45, 7) is 3.60. The minimum Gasteiger partial charge on any atom is -0.382 e. The average Bonchev–Trinajstić information content (AvgIpc) is 2.99. The van der Waals surface area contributed by atoms with Crippen molar-refractivity contribution in [2.45, 2.75) is 13.8 Å². The zero-order valence-electron chi connectivity index (χ0n) is 14.6. The number of aromatic nitrogens is 3. The summed E-state index contributed by atoms with van der Waals surface area (Å²) in [6.07, 6.45) is 1.65. The van der Waals surface area contributed by atoms with Gasteiger partial charge in [-0.25, -0.2) is 9.97 Å². The van der Waals surface area contributed by atoms with Gasteiger partial charge in [-0.3, -0.25) is 4.79 Å². The number of carbonyl (C=O) groups is 1. The number of anilines is 1. The predicted octanol–water partition coefficient (Wildman–Crippen LogP) is 4.39. The number of benzene rings is 2. The van der Waals surface area contributed by atoms with Crippen molar-refractivity contribution in [3.8, 4) is 22.6 Å². The number of fused-ring (bicyclic) bond motifs is 1. The summed E-state index contributed by atoms with van der Waals surface area (Å²) in [6, 6.07) is 15.4. The monoisotopic (exact) mass is 342 g/mol. The number of nitrogens with two attached hydrogens (primary N) is 1. The third kappa shape index (κ3) is 2.63. The minimum atomic E-state index is 0.0364. The molecular formula is C21H18N4O. The summed E-state index contributed by atoms with van der Waals surface area (Å²) >= 11 is 0. The molecule has 5 heteroatoms. The first-order valence-electron chi connectivity index (χ1n) is 8.36. The Morgan fingerprint density at radius 3 is 2.50 bits per heavy atom. The number of nitrogen functional groups attached to an aromatic ring is 1. The van der Waals surface area contributed by atoms with Gasteiger partial charge in [-0.2, -0.15) is 0 Å². The van der Waals surface area contributed by atoms with Crippen molar-refractivity contribution in [2.24, 2.45) is 0 Å². The van der Waals surface area contributed by atoms with E-state index in [0.29, 0.717) is 22.8 Å². The molecule has 26 heavy (non-hydrogen) atoms. The smallest absolute Gasteiger partial charge is 0.159 e. The van der Waals surface area contributed by atoms with Gasteiger partial charge in [0, 0.05) is 22.0 Å². The van der Waals surface area contributed by atoms with E-state index in [2.05, 4.69) is 16.0 Å². The molecule has 3 N–H and O–H groups in total. The Balaban J connectivity index is 1.83. The van der Waals surface area contributed by atoms with Crippen molar-refractivity contribution in [1.29, 1.82) is 0 Å². The van der Waals surface area contributed by atoms with Crippen LogP contribution in [0.3, 0.4) is 0 Å². The highest BCUT2D eigenvalue weighted by Crippen LogP contribution is 2.32. The summed E-state index contributed by atoms with van der Waals surface area (Å²) in [7, 11) is 0. The second-order valence-electron chi connectivity index (χ2n) is 6.29. The number of aryl methyl sites for hydroxylation is 1. The molecule has 0 aliphatic carbocycles.